The van der Waals surface area contributed by atoms with Crippen molar-refractivity contribution in [3.8, 4) is 27.9 Å². The molecular formula is C59H40N2. The molecule has 0 unspecified atom stereocenters. The Morgan fingerprint density at radius 3 is 1.69 bits per heavy atom. The molecule has 0 aliphatic heterocycles. The van der Waals surface area contributed by atoms with Crippen molar-refractivity contribution >= 4 is 49.6 Å². The van der Waals surface area contributed by atoms with Crippen LogP contribution in [0.4, 0.5) is 17.1 Å². The highest BCUT2D eigenvalue weighted by Crippen LogP contribution is 2.57. The molecule has 1 heterocycles. The average Bonchev–Trinajstić information content (AvgIpc) is 3.83. The third-order valence-corrected chi connectivity index (χ3v) is 12.8. The van der Waals surface area contributed by atoms with E-state index < -0.39 is 5.41 Å². The van der Waals surface area contributed by atoms with E-state index in [1.807, 2.05) is 0 Å². The summed E-state index contributed by atoms with van der Waals surface area (Å²) in [6, 6.07) is 89.1. The third-order valence-electron chi connectivity index (χ3n) is 12.8. The first-order valence-corrected chi connectivity index (χ1v) is 21.1. The fraction of sp³-hybridized carbons (Fsp3) is 0.0169. The number of hydrogen-bond acceptors (Lipinski definition) is 1. The second kappa shape index (κ2) is 14.1. The van der Waals surface area contributed by atoms with E-state index >= 15 is 0 Å². The van der Waals surface area contributed by atoms with Gasteiger partial charge in [0.15, 0.2) is 0 Å². The van der Waals surface area contributed by atoms with Gasteiger partial charge < -0.3 is 9.47 Å². The van der Waals surface area contributed by atoms with Crippen LogP contribution in [-0.2, 0) is 5.41 Å². The highest BCUT2D eigenvalue weighted by atomic mass is 15.1. The molecule has 0 N–H and O–H groups in total. The van der Waals surface area contributed by atoms with Crippen LogP contribution in [0.5, 0.6) is 0 Å². The summed E-state index contributed by atoms with van der Waals surface area (Å²) < 4.78 is 2.46. The number of benzene rings is 10. The van der Waals surface area contributed by atoms with E-state index in [0.29, 0.717) is 0 Å². The van der Waals surface area contributed by atoms with Gasteiger partial charge in [0, 0.05) is 38.9 Å². The quantitative estimate of drug-likeness (QED) is 0.156. The maximum atomic E-state index is 2.47. The Hall–Kier alpha value is -7.94. The molecular weight excluding hydrogens is 737 g/mol. The maximum Gasteiger partial charge on any atom is 0.0714 e. The molecule has 1 aliphatic rings. The minimum atomic E-state index is -0.521. The molecule has 0 bridgehead atoms. The van der Waals surface area contributed by atoms with Gasteiger partial charge in [-0.05, 0) is 98.4 Å². The number of anilines is 3. The van der Waals surface area contributed by atoms with Gasteiger partial charge in [0.25, 0.3) is 0 Å². The number of fused-ring (bicyclic) bond motifs is 8. The van der Waals surface area contributed by atoms with Crippen molar-refractivity contribution in [1.82, 2.24) is 4.57 Å². The molecule has 11 aromatic rings. The lowest BCUT2D eigenvalue weighted by Crippen LogP contribution is -2.28. The van der Waals surface area contributed by atoms with Crippen molar-refractivity contribution in [2.45, 2.75) is 5.41 Å². The van der Waals surface area contributed by atoms with Gasteiger partial charge >= 0.3 is 0 Å². The van der Waals surface area contributed by atoms with Crippen molar-refractivity contribution in [2.75, 3.05) is 4.90 Å². The molecule has 286 valence electrons. The minimum Gasteiger partial charge on any atom is -0.310 e. The van der Waals surface area contributed by atoms with Crippen molar-refractivity contribution < 1.29 is 0 Å². The normalized spacial score (nSPS) is 12.7. The van der Waals surface area contributed by atoms with Gasteiger partial charge in [0.1, 0.15) is 0 Å². The Morgan fingerprint density at radius 1 is 0.344 bits per heavy atom. The zero-order valence-corrected chi connectivity index (χ0v) is 33.5. The van der Waals surface area contributed by atoms with Crippen LogP contribution < -0.4 is 4.90 Å². The summed E-state index contributed by atoms with van der Waals surface area (Å²) >= 11 is 0. The van der Waals surface area contributed by atoms with Crippen molar-refractivity contribution in [3.05, 3.63) is 265 Å². The first-order chi connectivity index (χ1) is 30.3. The van der Waals surface area contributed by atoms with E-state index in [2.05, 4.69) is 252 Å². The molecule has 1 aliphatic carbocycles. The maximum absolute atomic E-state index is 2.47. The number of nitrogens with zero attached hydrogens (tertiary/aromatic N) is 2. The molecule has 0 saturated heterocycles. The summed E-state index contributed by atoms with van der Waals surface area (Å²) in [4.78, 5) is 2.46. The first kappa shape index (κ1) is 35.0. The van der Waals surface area contributed by atoms with E-state index in [9.17, 15) is 0 Å². The largest absolute Gasteiger partial charge is 0.310 e. The molecule has 0 amide bonds. The highest BCUT2D eigenvalue weighted by molar-refractivity contribution is 6.19. The first-order valence-electron chi connectivity index (χ1n) is 21.1. The van der Waals surface area contributed by atoms with Crippen molar-refractivity contribution in [2.24, 2.45) is 0 Å². The van der Waals surface area contributed by atoms with Gasteiger partial charge in [0.05, 0.1) is 16.4 Å². The van der Waals surface area contributed by atoms with Crippen LogP contribution >= 0.6 is 0 Å². The van der Waals surface area contributed by atoms with Crippen LogP contribution in [0.25, 0.3) is 60.5 Å². The Labute approximate surface area is 355 Å². The monoisotopic (exact) mass is 776 g/mol. The summed E-state index contributed by atoms with van der Waals surface area (Å²) in [5, 5.41) is 4.94. The van der Waals surface area contributed by atoms with Gasteiger partial charge in [-0.25, -0.2) is 0 Å². The Balaban J connectivity index is 1.15. The van der Waals surface area contributed by atoms with Gasteiger partial charge in [-0.2, -0.15) is 0 Å². The second-order valence-corrected chi connectivity index (χ2v) is 16.1. The smallest absolute Gasteiger partial charge is 0.0714 e. The molecule has 10 aromatic carbocycles. The van der Waals surface area contributed by atoms with E-state index in [4.69, 9.17) is 0 Å². The molecule has 1 aromatic heterocycles. The van der Waals surface area contributed by atoms with Gasteiger partial charge in [-0.3, -0.25) is 0 Å². The Bertz CT molecular complexity index is 3360. The summed E-state index contributed by atoms with van der Waals surface area (Å²) in [5.74, 6) is 0. The molecule has 61 heavy (non-hydrogen) atoms. The zero-order valence-electron chi connectivity index (χ0n) is 33.5. The molecule has 12 rings (SSSR count). The standard InChI is InChI=1S/C59H40N2/c1-5-18-41(19-6-1)43-21-17-28-47(38-43)60(49-34-37-53-54-35-32-42-20-13-14-29-50(42)58(54)61(57(53)40-49)46-26-11-4-12-27-46)48-33-36-52-51-30-15-16-31-55(51)59(56(52)39-48,44-22-7-2-8-23-44)45-24-9-3-10-25-45/h1-40H. The summed E-state index contributed by atoms with van der Waals surface area (Å²) in [6.45, 7) is 0. The van der Waals surface area contributed by atoms with Crippen LogP contribution in [0.1, 0.15) is 22.3 Å². The van der Waals surface area contributed by atoms with Crippen LogP contribution in [0.2, 0.25) is 0 Å². The van der Waals surface area contributed by atoms with Gasteiger partial charge in [-0.1, -0.05) is 194 Å². The predicted molar refractivity (Wildman–Crippen MR) is 256 cm³/mol. The molecule has 0 atom stereocenters. The molecule has 2 heteroatoms. The van der Waals surface area contributed by atoms with Crippen LogP contribution in [-0.4, -0.2) is 4.57 Å². The lowest BCUT2D eigenvalue weighted by Gasteiger charge is -2.35. The highest BCUT2D eigenvalue weighted by Gasteiger charge is 2.46. The van der Waals surface area contributed by atoms with Crippen LogP contribution in [0.3, 0.4) is 0 Å². The summed E-state index contributed by atoms with van der Waals surface area (Å²) in [6.07, 6.45) is 0. The van der Waals surface area contributed by atoms with E-state index in [0.717, 1.165) is 28.3 Å². The number of rotatable bonds is 7. The molecule has 0 radical (unpaired) electrons. The summed E-state index contributed by atoms with van der Waals surface area (Å²) in [5.41, 5.74) is 16.3. The average molecular weight is 777 g/mol. The molecule has 0 saturated carbocycles. The van der Waals surface area contributed by atoms with Crippen molar-refractivity contribution in [1.29, 1.82) is 0 Å². The van der Waals surface area contributed by atoms with Gasteiger partial charge in [-0.15, -0.1) is 0 Å². The fourth-order valence-corrected chi connectivity index (χ4v) is 10.2. The zero-order chi connectivity index (χ0) is 40.3. The molecule has 0 fully saturated rings. The number of para-hydroxylation sites is 1. The lowest BCUT2D eigenvalue weighted by molar-refractivity contribution is 0.768. The van der Waals surface area contributed by atoms with E-state index in [1.165, 1.54) is 71.6 Å². The Kier molecular flexibility index (Phi) is 8.11. The molecule has 0 spiro atoms. The van der Waals surface area contributed by atoms with E-state index in [-0.39, 0.29) is 0 Å². The molecule has 2 nitrogen and oxygen atoms in total. The van der Waals surface area contributed by atoms with Crippen molar-refractivity contribution in [3.63, 3.8) is 0 Å². The number of aromatic nitrogens is 1. The summed E-state index contributed by atoms with van der Waals surface area (Å²) in [7, 11) is 0. The lowest BCUT2D eigenvalue weighted by atomic mass is 9.67. The second-order valence-electron chi connectivity index (χ2n) is 16.1. The van der Waals surface area contributed by atoms with Crippen LogP contribution in [0, 0.1) is 0 Å². The SMILES string of the molecule is c1ccc(-c2cccc(N(c3ccc4c(c3)C(c3ccccc3)(c3ccccc3)c3ccccc3-4)c3ccc4c5ccc6ccccc6c5n(-c5ccccc5)c4c3)c2)cc1. The predicted octanol–water partition coefficient (Wildman–Crippen LogP) is 15.4. The third kappa shape index (κ3) is 5.43. The topological polar surface area (TPSA) is 8.17 Å². The minimum absolute atomic E-state index is 0.521. The number of hydrogen-bond donors (Lipinski definition) is 0. The fourth-order valence-electron chi connectivity index (χ4n) is 10.2. The van der Waals surface area contributed by atoms with Gasteiger partial charge in [0.2, 0.25) is 0 Å². The van der Waals surface area contributed by atoms with Crippen LogP contribution in [0.15, 0.2) is 243 Å². The van der Waals surface area contributed by atoms with E-state index in [1.54, 1.807) is 0 Å². The Morgan fingerprint density at radius 2 is 0.918 bits per heavy atom.